The minimum Gasteiger partial charge on any atom is -0.166 e. The van der Waals surface area contributed by atoms with E-state index in [1.807, 2.05) is 0 Å². The first-order valence-corrected chi connectivity index (χ1v) is 4.96. The summed E-state index contributed by atoms with van der Waals surface area (Å²) in [6, 6.07) is 0.986. The summed E-state index contributed by atoms with van der Waals surface area (Å²) in [5.41, 5.74) is -4.78. The molecule has 0 spiro atoms. The van der Waals surface area contributed by atoms with Crippen molar-refractivity contribution in [1.29, 1.82) is 0 Å². The third kappa shape index (κ3) is 3.71. The molecule has 0 unspecified atom stereocenters. The van der Waals surface area contributed by atoms with Gasteiger partial charge in [-0.2, -0.15) is 49.3 Å². The average Bonchev–Trinajstić information content (AvgIpc) is 2.14. The van der Waals surface area contributed by atoms with Crippen molar-refractivity contribution < 1.29 is 26.3 Å². The van der Waals surface area contributed by atoms with Gasteiger partial charge in [-0.1, -0.05) is 12.1 Å². The molecule has 0 aromatic heterocycles. The van der Waals surface area contributed by atoms with E-state index in [-0.39, 0.29) is 6.07 Å². The molecule has 9 heteroatoms. The van der Waals surface area contributed by atoms with Gasteiger partial charge >= 0.3 is 17.9 Å². The minimum atomic E-state index is -4.89. The largest absolute Gasteiger partial charge is 0.416 e. The Bertz CT molecular complexity index is 379. The molecule has 0 saturated carbocycles. The summed E-state index contributed by atoms with van der Waals surface area (Å²) in [4.78, 5) is 0. The van der Waals surface area contributed by atoms with E-state index in [2.05, 4.69) is 0 Å². The van der Waals surface area contributed by atoms with Gasteiger partial charge in [0.2, 0.25) is 0 Å². The van der Waals surface area contributed by atoms with Crippen LogP contribution in [0.1, 0.15) is 11.1 Å². The fourth-order valence-electron chi connectivity index (χ4n) is 1.10. The lowest BCUT2D eigenvalue weighted by atomic mass is 9.89. The molecule has 0 saturated heterocycles. The molecule has 17 heavy (non-hydrogen) atoms. The van der Waals surface area contributed by atoms with Crippen molar-refractivity contribution in [3.05, 3.63) is 29.3 Å². The zero-order chi connectivity index (χ0) is 13.4. The zero-order valence-electron chi connectivity index (χ0n) is 7.83. The summed E-state index contributed by atoms with van der Waals surface area (Å²) in [5, 5.41) is 0. The molecule has 1 aromatic rings. The van der Waals surface area contributed by atoms with Crippen LogP contribution < -0.4 is 5.46 Å². The molecule has 0 aliphatic heterocycles. The molecule has 0 nitrogen and oxygen atoms in total. The highest BCUT2D eigenvalue weighted by atomic mass is 35.5. The maximum Gasteiger partial charge on any atom is 0.416 e. The summed E-state index contributed by atoms with van der Waals surface area (Å²) in [7, 11) is 0. The van der Waals surface area contributed by atoms with Crippen LogP contribution in [0.15, 0.2) is 18.2 Å². The number of halogens is 8. The summed E-state index contributed by atoms with van der Waals surface area (Å²) in [5.74, 6) is 0. The molecule has 0 aliphatic rings. The van der Waals surface area contributed by atoms with Gasteiger partial charge in [0.1, 0.15) is 0 Å². The molecule has 0 bridgehead atoms. The van der Waals surface area contributed by atoms with E-state index in [0.29, 0.717) is 12.1 Å². The van der Waals surface area contributed by atoms with Crippen LogP contribution in [-0.4, -0.2) is 5.54 Å². The van der Waals surface area contributed by atoms with Crippen molar-refractivity contribution in [2.24, 2.45) is 0 Å². The minimum absolute atomic E-state index is 0.0135. The Kier molecular flexibility index (Phi) is 3.93. The lowest BCUT2D eigenvalue weighted by Crippen LogP contribution is -2.24. The van der Waals surface area contributed by atoms with Gasteiger partial charge < -0.3 is 0 Å². The predicted octanol–water partition coefficient (Wildman–Crippen LogP) is 3.90. The summed E-state index contributed by atoms with van der Waals surface area (Å²) in [6.07, 6.45) is -9.78. The molecule has 1 aromatic carbocycles. The molecular weight excluding hydrogens is 292 g/mol. The molecule has 0 heterocycles. The molecular formula is C8H3BCl2F6. The average molecular weight is 295 g/mol. The maximum atomic E-state index is 12.3. The van der Waals surface area contributed by atoms with Crippen molar-refractivity contribution in [1.82, 2.24) is 0 Å². The molecule has 1 rings (SSSR count). The Hall–Kier alpha value is -0.555. The van der Waals surface area contributed by atoms with E-state index in [1.54, 1.807) is 0 Å². The van der Waals surface area contributed by atoms with Crippen molar-refractivity contribution in [3.8, 4) is 0 Å². The molecule has 0 aliphatic carbocycles. The van der Waals surface area contributed by atoms with Gasteiger partial charge in [0, 0.05) is 0 Å². The normalized spacial score (nSPS) is 12.7. The molecule has 0 N–H and O–H groups in total. The van der Waals surface area contributed by atoms with Crippen molar-refractivity contribution in [3.63, 3.8) is 0 Å². The Labute approximate surface area is 102 Å². The van der Waals surface area contributed by atoms with Crippen LogP contribution in [0.4, 0.5) is 26.3 Å². The van der Waals surface area contributed by atoms with Crippen molar-refractivity contribution in [2.45, 2.75) is 12.4 Å². The van der Waals surface area contributed by atoms with Crippen LogP contribution in [0.2, 0.25) is 0 Å². The zero-order valence-corrected chi connectivity index (χ0v) is 9.34. The summed E-state index contributed by atoms with van der Waals surface area (Å²) in [6.45, 7) is 0. The Morgan fingerprint density at radius 2 is 1.12 bits per heavy atom. The highest BCUT2D eigenvalue weighted by Gasteiger charge is 2.37. The highest BCUT2D eigenvalue weighted by Crippen LogP contribution is 2.34. The van der Waals surface area contributed by atoms with Gasteiger partial charge in [0.05, 0.1) is 11.1 Å². The second-order valence-corrected chi connectivity index (χ2v) is 4.24. The highest BCUT2D eigenvalue weighted by molar-refractivity contribution is 7.39. The first-order chi connectivity index (χ1) is 7.51. The van der Waals surface area contributed by atoms with Crippen LogP contribution in [-0.2, 0) is 12.4 Å². The smallest absolute Gasteiger partial charge is 0.166 e. The third-order valence-corrected chi connectivity index (χ3v) is 2.37. The Morgan fingerprint density at radius 1 is 0.765 bits per heavy atom. The molecule has 0 atom stereocenters. The van der Waals surface area contributed by atoms with E-state index in [0.717, 1.165) is 0 Å². The van der Waals surface area contributed by atoms with Gasteiger partial charge in [0.15, 0.2) is 0 Å². The number of rotatable bonds is 1. The Morgan fingerprint density at radius 3 is 1.35 bits per heavy atom. The molecule has 0 fully saturated rings. The lowest BCUT2D eigenvalue weighted by Gasteiger charge is -2.13. The van der Waals surface area contributed by atoms with Gasteiger partial charge in [-0.25, -0.2) is 0 Å². The van der Waals surface area contributed by atoms with Crippen LogP contribution in [0.3, 0.4) is 0 Å². The van der Waals surface area contributed by atoms with Gasteiger partial charge in [-0.3, -0.25) is 0 Å². The topological polar surface area (TPSA) is 0 Å². The quantitative estimate of drug-likeness (QED) is 0.544. The fraction of sp³-hybridized carbons (Fsp3) is 0.250. The molecule has 0 amide bonds. The number of alkyl halides is 6. The van der Waals surface area contributed by atoms with Gasteiger partial charge in [0.25, 0.3) is 0 Å². The van der Waals surface area contributed by atoms with Crippen LogP contribution in [0.5, 0.6) is 0 Å². The second kappa shape index (κ2) is 4.61. The first-order valence-electron chi connectivity index (χ1n) is 4.09. The molecule has 0 radical (unpaired) electrons. The number of hydrogen-bond acceptors (Lipinski definition) is 0. The SMILES string of the molecule is FC(F)(F)c1cc(B(Cl)Cl)cc(C(F)(F)F)c1. The van der Waals surface area contributed by atoms with E-state index in [9.17, 15) is 26.3 Å². The van der Waals surface area contributed by atoms with Crippen molar-refractivity contribution in [2.75, 3.05) is 0 Å². The van der Waals surface area contributed by atoms with Gasteiger partial charge in [-0.15, -0.1) is 0 Å². The van der Waals surface area contributed by atoms with Crippen LogP contribution in [0.25, 0.3) is 0 Å². The molecule has 94 valence electrons. The monoisotopic (exact) mass is 294 g/mol. The van der Waals surface area contributed by atoms with E-state index >= 15 is 0 Å². The standard InChI is InChI=1S/C8H3BCl2F6/c10-9(11)6-2-4(7(12,13)14)1-5(3-6)8(15,16)17/h1-3H. The summed E-state index contributed by atoms with van der Waals surface area (Å²) >= 11 is 10.6. The number of hydrogen-bond donors (Lipinski definition) is 0. The van der Waals surface area contributed by atoms with E-state index in [4.69, 9.17) is 22.9 Å². The van der Waals surface area contributed by atoms with Crippen LogP contribution in [0, 0.1) is 0 Å². The van der Waals surface area contributed by atoms with Crippen LogP contribution >= 0.6 is 22.9 Å². The third-order valence-electron chi connectivity index (χ3n) is 1.86. The van der Waals surface area contributed by atoms with Gasteiger partial charge in [-0.05, 0) is 11.5 Å². The second-order valence-electron chi connectivity index (χ2n) is 3.14. The van der Waals surface area contributed by atoms with E-state index in [1.165, 1.54) is 0 Å². The Balaban J connectivity index is 3.40. The first kappa shape index (κ1) is 14.5. The lowest BCUT2D eigenvalue weighted by molar-refractivity contribution is -0.142. The summed E-state index contributed by atoms with van der Waals surface area (Å²) < 4.78 is 74.1. The van der Waals surface area contributed by atoms with E-state index < -0.39 is 34.5 Å². The predicted molar refractivity (Wildman–Crippen MR) is 53.5 cm³/mol. The maximum absolute atomic E-state index is 12.3. The van der Waals surface area contributed by atoms with Crippen molar-refractivity contribution >= 4 is 33.9 Å². The fourth-order valence-corrected chi connectivity index (χ4v) is 1.36. The number of benzene rings is 1.